The number of hydrogen-bond acceptors (Lipinski definition) is 2. The predicted molar refractivity (Wildman–Crippen MR) is 47.4 cm³/mol. The normalized spacial score (nSPS) is 17.5. The molecule has 3 nitrogen and oxygen atoms in total. The SMILES string of the molecule is N#CCc1cc([C]2[CH][CH][CH][CH]2)n[nH]1. The lowest BCUT2D eigenvalue weighted by atomic mass is 10.0. The Morgan fingerprint density at radius 2 is 2.15 bits per heavy atom. The number of H-pyrrole nitrogens is 1. The van der Waals surface area contributed by atoms with Gasteiger partial charge in [0.1, 0.15) is 0 Å². The van der Waals surface area contributed by atoms with E-state index in [0.717, 1.165) is 17.3 Å². The van der Waals surface area contributed by atoms with Gasteiger partial charge in [-0.25, -0.2) is 0 Å². The molecule has 1 aliphatic carbocycles. The van der Waals surface area contributed by atoms with Crippen LogP contribution >= 0.6 is 0 Å². The number of nitriles is 1. The third kappa shape index (κ3) is 1.72. The minimum Gasteiger partial charge on any atom is -0.281 e. The second kappa shape index (κ2) is 3.61. The van der Waals surface area contributed by atoms with Crippen LogP contribution in [-0.4, -0.2) is 10.2 Å². The first kappa shape index (κ1) is 8.31. The third-order valence-corrected chi connectivity index (χ3v) is 1.86. The molecule has 0 amide bonds. The topological polar surface area (TPSA) is 52.5 Å². The molecule has 1 heterocycles. The third-order valence-electron chi connectivity index (χ3n) is 1.86. The number of rotatable bonds is 2. The largest absolute Gasteiger partial charge is 0.281 e. The van der Waals surface area contributed by atoms with Crippen LogP contribution in [0.3, 0.4) is 0 Å². The van der Waals surface area contributed by atoms with Crippen LogP contribution < -0.4 is 0 Å². The van der Waals surface area contributed by atoms with E-state index in [2.05, 4.69) is 16.3 Å². The summed E-state index contributed by atoms with van der Waals surface area (Å²) in [6, 6.07) is 3.97. The maximum absolute atomic E-state index is 8.46. The summed E-state index contributed by atoms with van der Waals surface area (Å²) in [6.07, 6.45) is 8.30. The zero-order valence-electron chi connectivity index (χ0n) is 6.99. The van der Waals surface area contributed by atoms with Gasteiger partial charge in [-0.05, 0) is 31.7 Å². The highest BCUT2D eigenvalue weighted by atomic mass is 15.1. The number of nitrogens with zero attached hydrogens (tertiary/aromatic N) is 2. The number of aromatic amines is 1. The minimum atomic E-state index is 0.383. The summed E-state index contributed by atoms with van der Waals surface area (Å²) in [4.78, 5) is 0. The van der Waals surface area contributed by atoms with Gasteiger partial charge in [-0.15, -0.1) is 0 Å². The van der Waals surface area contributed by atoms with E-state index in [4.69, 9.17) is 5.26 Å². The van der Waals surface area contributed by atoms with Gasteiger partial charge in [-0.3, -0.25) is 5.10 Å². The van der Waals surface area contributed by atoms with Crippen LogP contribution in [0.2, 0.25) is 0 Å². The summed E-state index contributed by atoms with van der Waals surface area (Å²) >= 11 is 0. The zero-order valence-corrected chi connectivity index (χ0v) is 6.99. The fraction of sp³-hybridized carbons (Fsp3) is 0.100. The number of aromatic nitrogens is 2. The summed E-state index contributed by atoms with van der Waals surface area (Å²) in [6.45, 7) is 0. The highest BCUT2D eigenvalue weighted by Gasteiger charge is 2.21. The van der Waals surface area contributed by atoms with Gasteiger partial charge in [0.25, 0.3) is 0 Å². The molecule has 1 aromatic heterocycles. The summed E-state index contributed by atoms with van der Waals surface area (Å²) in [5.74, 6) is 1.08. The van der Waals surface area contributed by atoms with E-state index in [0.29, 0.717) is 6.42 Å². The molecular formula is C10H8N3. The van der Waals surface area contributed by atoms with Gasteiger partial charge in [0.2, 0.25) is 0 Å². The molecule has 1 aliphatic rings. The molecule has 13 heavy (non-hydrogen) atoms. The summed E-state index contributed by atoms with van der Waals surface area (Å²) in [7, 11) is 0. The van der Waals surface area contributed by atoms with E-state index in [1.54, 1.807) is 0 Å². The molecule has 0 aromatic carbocycles. The van der Waals surface area contributed by atoms with Gasteiger partial charge < -0.3 is 0 Å². The van der Waals surface area contributed by atoms with Crippen molar-refractivity contribution >= 4 is 0 Å². The van der Waals surface area contributed by atoms with Crippen LogP contribution in [0.4, 0.5) is 0 Å². The van der Waals surface area contributed by atoms with Crippen molar-refractivity contribution in [1.29, 1.82) is 5.26 Å². The van der Waals surface area contributed by atoms with Gasteiger partial charge in [-0.2, -0.15) is 10.4 Å². The Hall–Kier alpha value is -1.30. The fourth-order valence-corrected chi connectivity index (χ4v) is 1.23. The summed E-state index contributed by atoms with van der Waals surface area (Å²) in [5, 5.41) is 15.4. The molecule has 3 heteroatoms. The fourth-order valence-electron chi connectivity index (χ4n) is 1.23. The maximum atomic E-state index is 8.46. The first-order chi connectivity index (χ1) is 6.40. The molecule has 5 radical (unpaired) electrons. The van der Waals surface area contributed by atoms with Crippen LogP contribution in [0.1, 0.15) is 11.4 Å². The Balaban J connectivity index is 2.08. The predicted octanol–water partition coefficient (Wildman–Crippen LogP) is 1.23. The molecule has 1 aromatic rings. The van der Waals surface area contributed by atoms with Crippen molar-refractivity contribution in [2.45, 2.75) is 6.42 Å². The molecule has 63 valence electrons. The van der Waals surface area contributed by atoms with E-state index in [-0.39, 0.29) is 0 Å². The maximum Gasteiger partial charge on any atom is 0.0769 e. The monoisotopic (exact) mass is 170 g/mol. The highest BCUT2D eigenvalue weighted by molar-refractivity contribution is 5.47. The average Bonchev–Trinajstić information content (AvgIpc) is 2.70. The Labute approximate surface area is 77.8 Å². The molecule has 0 atom stereocenters. The van der Waals surface area contributed by atoms with Gasteiger partial charge in [0.15, 0.2) is 0 Å². The van der Waals surface area contributed by atoms with Crippen LogP contribution in [0, 0.1) is 42.9 Å². The zero-order chi connectivity index (χ0) is 9.10. The van der Waals surface area contributed by atoms with Crippen molar-refractivity contribution in [3.63, 3.8) is 0 Å². The second-order valence-electron chi connectivity index (χ2n) is 2.79. The van der Waals surface area contributed by atoms with Crippen molar-refractivity contribution in [1.82, 2.24) is 10.2 Å². The average molecular weight is 170 g/mol. The van der Waals surface area contributed by atoms with Gasteiger partial charge in [0.05, 0.1) is 18.2 Å². The van der Waals surface area contributed by atoms with Gasteiger partial charge >= 0.3 is 0 Å². The van der Waals surface area contributed by atoms with E-state index in [1.165, 1.54) is 0 Å². The van der Waals surface area contributed by atoms with Crippen molar-refractivity contribution < 1.29 is 0 Å². The molecule has 1 N–H and O–H groups in total. The molecule has 0 spiro atoms. The van der Waals surface area contributed by atoms with Gasteiger partial charge in [-0.1, -0.05) is 0 Å². The molecule has 1 fully saturated rings. The molecule has 2 rings (SSSR count). The standard InChI is InChI=1S/C10H8N3/c11-6-5-9-7-10(13-12-9)8-3-1-2-4-8/h1-4,7H,5H2,(H,12,13). The lowest BCUT2D eigenvalue weighted by molar-refractivity contribution is 0.985. The first-order valence-corrected chi connectivity index (χ1v) is 4.03. The molecule has 0 saturated heterocycles. The van der Waals surface area contributed by atoms with Gasteiger partial charge in [0, 0.05) is 11.6 Å². The minimum absolute atomic E-state index is 0.383. The summed E-state index contributed by atoms with van der Waals surface area (Å²) in [5.41, 5.74) is 1.76. The first-order valence-electron chi connectivity index (χ1n) is 4.03. The van der Waals surface area contributed by atoms with Crippen LogP contribution in [0.25, 0.3) is 0 Å². The van der Waals surface area contributed by atoms with Crippen molar-refractivity contribution in [3.8, 4) is 6.07 Å². The molecule has 0 aliphatic heterocycles. The smallest absolute Gasteiger partial charge is 0.0769 e. The Bertz CT molecular complexity index is 315. The molecule has 0 bridgehead atoms. The van der Waals surface area contributed by atoms with E-state index < -0.39 is 0 Å². The quantitative estimate of drug-likeness (QED) is 0.725. The van der Waals surface area contributed by atoms with Crippen LogP contribution in [-0.2, 0) is 6.42 Å². The lowest BCUT2D eigenvalue weighted by Gasteiger charge is -1.99. The molecule has 1 saturated carbocycles. The van der Waals surface area contributed by atoms with Crippen molar-refractivity contribution in [2.24, 2.45) is 0 Å². The second-order valence-corrected chi connectivity index (χ2v) is 2.79. The number of nitrogens with one attached hydrogen (secondary N) is 1. The van der Waals surface area contributed by atoms with Crippen molar-refractivity contribution in [3.05, 3.63) is 49.1 Å². The Kier molecular flexibility index (Phi) is 2.31. The number of hydrogen-bond donors (Lipinski definition) is 1. The molecule has 0 unspecified atom stereocenters. The van der Waals surface area contributed by atoms with E-state index >= 15 is 0 Å². The van der Waals surface area contributed by atoms with E-state index in [9.17, 15) is 0 Å². The van der Waals surface area contributed by atoms with Crippen LogP contribution in [0.5, 0.6) is 0 Å². The van der Waals surface area contributed by atoms with Crippen LogP contribution in [0.15, 0.2) is 6.07 Å². The Morgan fingerprint density at radius 1 is 1.38 bits per heavy atom. The summed E-state index contributed by atoms with van der Waals surface area (Å²) < 4.78 is 0. The Morgan fingerprint density at radius 3 is 2.85 bits per heavy atom. The molecular weight excluding hydrogens is 162 g/mol. The van der Waals surface area contributed by atoms with E-state index in [1.807, 2.05) is 31.7 Å². The lowest BCUT2D eigenvalue weighted by Crippen LogP contribution is -1.94. The van der Waals surface area contributed by atoms with Crippen molar-refractivity contribution in [2.75, 3.05) is 0 Å². The highest BCUT2D eigenvalue weighted by Crippen LogP contribution is 2.28.